The number of aliphatic hydroxyl groups excluding tert-OH is 1. The summed E-state index contributed by atoms with van der Waals surface area (Å²) in [5.74, 6) is -19.7. The Bertz CT molecular complexity index is 4990. The van der Waals surface area contributed by atoms with E-state index in [1.165, 1.54) is 46.6 Å². The highest BCUT2D eigenvalue weighted by atomic mass is 32.2. The Hall–Kier alpha value is -11.4. The maximum Gasteiger partial charge on any atom is 0.305 e. The lowest BCUT2D eigenvalue weighted by Gasteiger charge is -2.50. The molecule has 8 bridgehead atoms. The zero-order valence-corrected chi connectivity index (χ0v) is 80.5. The number of nitrogens with two attached hydrogens (primary N) is 2. The number of aromatic amines is 2. The minimum atomic E-state index is -1.95. The Kier molecular flexibility index (Phi) is 39.7. The van der Waals surface area contributed by atoms with Gasteiger partial charge in [-0.1, -0.05) is 71.0 Å². The molecule has 2 aromatic heterocycles. The van der Waals surface area contributed by atoms with Crippen molar-refractivity contribution in [1.29, 1.82) is 0 Å². The molecule has 42 nitrogen and oxygen atoms in total. The van der Waals surface area contributed by atoms with E-state index in [-0.39, 0.29) is 116 Å². The van der Waals surface area contributed by atoms with E-state index >= 15 is 9.59 Å². The number of amides is 17. The number of carboxylic acids is 1. The second-order valence-electron chi connectivity index (χ2n) is 36.3. The molecular formula is C91H131N21O21S3. The standard InChI is InChI=1S/C91H131N21O21S3/c1-9-61-84(126)103-68-45-136-48-76(120)110-33-25-58(26-34-110)112(56-21-29-108(30-22-56)74(118)46-134-43-55(82(124)106-80(52(7)113)90(132)99-61)37-70(114)51(6)97-72(116)42-107(8)73(117)20-27-92)57-23-31-109(32-24-57)75(119)47-135-44-67(81(93)123)102-88(130)69-19-14-28-111(69)91(133)79(50(4)5)105-85(127)64(35-53-39-94-62-17-12-10-15-59(53)62)98-71(115)41-96-83(125)66(38-77(121)122)101-89(131)78(49(2)3)104-86(128)65(100-87(68)129)36-54-40-95-63-18-13-11-16-60(54)63/h10-13,15-18,39-40,49-52,55-58,61,64-69,78-80,94-95,113H,9,14,19-38,41-48,92H2,1-8H3,(H2,93,123)(H,96,125)(H,97,116)(H,98,115)(H,99,132)(H,100,129)(H,101,131)(H,102,130)(H,103,126)(H,104,128)(H,105,127)(H,106,124)(H,121,122)/t51-,52+,55-,61-,64-,65-,66-,67-,68-,69-,78-,79-,80-/m0/s1. The summed E-state index contributed by atoms with van der Waals surface area (Å²) >= 11 is 3.09. The summed E-state index contributed by atoms with van der Waals surface area (Å²) < 4.78 is 0. The van der Waals surface area contributed by atoms with Crippen LogP contribution in [0.3, 0.4) is 0 Å². The number of carbonyl (C=O) groups excluding carboxylic acids is 18. The number of H-pyrrole nitrogens is 2. The van der Waals surface area contributed by atoms with Crippen LogP contribution in [0, 0.1) is 17.8 Å². The van der Waals surface area contributed by atoms with Crippen LogP contribution in [0.4, 0.5) is 0 Å². The molecule has 0 radical (unpaired) electrons. The van der Waals surface area contributed by atoms with Gasteiger partial charge in [0.05, 0.1) is 54.8 Å². The predicted molar refractivity (Wildman–Crippen MR) is 507 cm³/mol. The van der Waals surface area contributed by atoms with E-state index < -0.39 is 211 Å². The Morgan fingerprint density at radius 2 is 1.00 bits per heavy atom. The van der Waals surface area contributed by atoms with E-state index in [1.54, 1.807) is 89.5 Å². The summed E-state index contributed by atoms with van der Waals surface area (Å²) in [4.78, 5) is 288. The third-order valence-electron chi connectivity index (χ3n) is 25.8. The number of hydrogen-bond acceptors (Lipinski definition) is 25. The lowest BCUT2D eigenvalue weighted by atomic mass is 9.90. The number of aromatic nitrogens is 2. The highest BCUT2D eigenvalue weighted by Crippen LogP contribution is 2.33. The first-order chi connectivity index (χ1) is 64.8. The summed E-state index contributed by atoms with van der Waals surface area (Å²) in [6.45, 7) is 11.1. The Balaban J connectivity index is 0.982. The zero-order valence-electron chi connectivity index (χ0n) is 78.1. The predicted octanol–water partition coefficient (Wildman–Crippen LogP) is -2.64. The van der Waals surface area contributed by atoms with Crippen LogP contribution in [-0.2, 0) is 104 Å². The molecule has 2 aromatic carbocycles. The Morgan fingerprint density at radius 3 is 1.51 bits per heavy atom. The van der Waals surface area contributed by atoms with Crippen molar-refractivity contribution in [2.45, 2.75) is 229 Å². The van der Waals surface area contributed by atoms with E-state index in [0.717, 1.165) is 40.2 Å². The maximum atomic E-state index is 15.5. The van der Waals surface area contributed by atoms with Crippen LogP contribution in [0.2, 0.25) is 0 Å². The monoisotopic (exact) mass is 1950 g/mol. The Labute approximate surface area is 801 Å². The Morgan fingerprint density at radius 1 is 0.522 bits per heavy atom. The second kappa shape index (κ2) is 50.6. The van der Waals surface area contributed by atoms with E-state index in [1.807, 2.05) is 0 Å². The number of nitrogens with zero attached hydrogens (tertiary/aromatic N) is 6. The van der Waals surface area contributed by atoms with Crippen molar-refractivity contribution in [3.63, 3.8) is 0 Å². The molecule has 10 aliphatic heterocycles. The number of para-hydroxylation sites is 2. The number of carbonyl (C=O) groups is 19. The van der Waals surface area contributed by atoms with Gasteiger partial charge in [0.2, 0.25) is 100 Å². The first-order valence-electron chi connectivity index (χ1n) is 46.5. The number of carboxylic acid groups (broad SMARTS) is 1. The van der Waals surface area contributed by atoms with Gasteiger partial charge in [-0.3, -0.25) is 96.0 Å². The minimum Gasteiger partial charge on any atom is -0.481 e. The minimum absolute atomic E-state index is 0.0267. The van der Waals surface area contributed by atoms with Crippen LogP contribution < -0.4 is 70.0 Å². The van der Waals surface area contributed by atoms with Gasteiger partial charge in [0.15, 0.2) is 5.78 Å². The van der Waals surface area contributed by atoms with E-state index in [4.69, 9.17) is 11.5 Å². The van der Waals surface area contributed by atoms with Gasteiger partial charge in [0, 0.05) is 155 Å². The normalized spacial score (nSPS) is 27.0. The molecule has 14 atom stereocenters. The zero-order chi connectivity index (χ0) is 98.9. The molecule has 4 aromatic rings. The van der Waals surface area contributed by atoms with Crippen molar-refractivity contribution >= 4 is 169 Å². The van der Waals surface area contributed by atoms with Gasteiger partial charge in [-0.05, 0) is 107 Å². The maximum absolute atomic E-state index is 15.5. The molecule has 0 spiro atoms. The first kappa shape index (κ1) is 107. The summed E-state index contributed by atoms with van der Waals surface area (Å²) in [5, 5.41) is 51.6. The summed E-state index contributed by atoms with van der Waals surface area (Å²) in [6, 6.07) is -2.91. The van der Waals surface area contributed by atoms with Crippen LogP contribution in [0.1, 0.15) is 137 Å². The van der Waals surface area contributed by atoms with Gasteiger partial charge in [-0.25, -0.2) is 0 Å². The van der Waals surface area contributed by atoms with Crippen molar-refractivity contribution in [3.05, 3.63) is 72.1 Å². The smallest absolute Gasteiger partial charge is 0.305 e. The van der Waals surface area contributed by atoms with Crippen molar-refractivity contribution in [2.24, 2.45) is 29.2 Å². The second-order valence-corrected chi connectivity index (χ2v) is 39.4. The third-order valence-corrected chi connectivity index (χ3v) is 28.9. The van der Waals surface area contributed by atoms with Crippen LogP contribution >= 0.6 is 35.3 Å². The number of aliphatic hydroxyl groups is 1. The molecule has 12 heterocycles. The van der Waals surface area contributed by atoms with E-state index in [2.05, 4.69) is 73.4 Å². The molecule has 0 aliphatic carbocycles. The molecular weight excluding hydrogens is 1820 g/mol. The van der Waals surface area contributed by atoms with E-state index in [0.29, 0.717) is 117 Å². The number of Topliss-reactive ketones (excluding diaryl/α,β-unsaturated/α-hetero) is 1. The number of ketones is 1. The number of primary amides is 1. The molecule has 17 amide bonds. The molecule has 744 valence electrons. The van der Waals surface area contributed by atoms with Gasteiger partial charge in [0.25, 0.3) is 0 Å². The number of nitrogens with one attached hydrogen (secondary N) is 13. The van der Waals surface area contributed by atoms with Crippen LogP contribution in [0.25, 0.3) is 21.8 Å². The van der Waals surface area contributed by atoms with Gasteiger partial charge >= 0.3 is 5.97 Å². The summed E-state index contributed by atoms with van der Waals surface area (Å²) in [7, 11) is 1.39. The van der Waals surface area contributed by atoms with Crippen molar-refractivity contribution in [3.8, 4) is 0 Å². The summed E-state index contributed by atoms with van der Waals surface area (Å²) in [6.07, 6.45) is 2.79. The topological polar surface area (TPSA) is 600 Å². The quantitative estimate of drug-likeness (QED) is 0.0456. The summed E-state index contributed by atoms with van der Waals surface area (Å²) in [5.41, 5.74) is 13.8. The largest absolute Gasteiger partial charge is 0.481 e. The molecule has 45 heteroatoms. The van der Waals surface area contributed by atoms with Crippen molar-refractivity contribution < 1.29 is 101 Å². The number of hydrogen-bond donors (Lipinski definition) is 17. The molecule has 10 fully saturated rings. The van der Waals surface area contributed by atoms with Gasteiger partial charge in [0.1, 0.15) is 60.4 Å². The SMILES string of the molecule is CC[C@@H]1NC(=O)[C@H]([C@@H](C)O)NC(=O)[C@@H](CC(=O)[C@H](C)NC(=O)CN(C)C(=O)CCN)CSCC(=O)N2CCC(CC2)N2C3CCN(CC3)C(=O)CSC[C@@H](C(N)=O)NC(=O)[C@@H]3CCCN3C(=O)[C@H](C(C)C)NC(=O)[C@H](Cc3c[nH]c4ccccc34)NC(=O)CNC(=O)[C@H](CC(=O)O)NC(=O)[C@H](C(C)C)NC(=O)[C@H](Cc3c[nH]c4ccccc34)NC(=O)[C@H](CSCC(=O)N3CCC2CC3)NC1=O. The van der Waals surface area contributed by atoms with Crippen molar-refractivity contribution in [1.82, 2.24) is 97.9 Å². The van der Waals surface area contributed by atoms with Gasteiger partial charge in [-0.15, -0.1) is 23.5 Å². The number of thioether (sulfide) groups is 3. The highest BCUT2D eigenvalue weighted by Gasteiger charge is 2.45. The number of piperidine rings is 3. The fourth-order valence-corrected chi connectivity index (χ4v) is 21.0. The number of aliphatic carboxylic acids is 1. The number of rotatable bonds is 19. The number of benzene rings is 2. The lowest BCUT2D eigenvalue weighted by molar-refractivity contribution is -0.143. The molecule has 14 rings (SSSR count). The van der Waals surface area contributed by atoms with Gasteiger partial charge < -0.3 is 115 Å². The number of likely N-dealkylation sites (N-methyl/N-ethyl adjacent to an activating group) is 1. The molecule has 10 aliphatic rings. The molecule has 0 saturated carbocycles. The average molecular weight is 1950 g/mol. The fourth-order valence-electron chi connectivity index (χ4n) is 18.0. The van der Waals surface area contributed by atoms with Crippen LogP contribution in [-0.4, -0.2) is 359 Å². The molecule has 10 saturated heterocycles. The molecule has 136 heavy (non-hydrogen) atoms. The average Bonchev–Trinajstić information content (AvgIpc) is 1.72. The number of fused-ring (bicyclic) bond motifs is 4. The van der Waals surface area contributed by atoms with E-state index in [9.17, 15) is 91.7 Å². The first-order valence-corrected chi connectivity index (χ1v) is 50.0. The molecule has 19 N–H and O–H groups in total. The third kappa shape index (κ3) is 29.3. The van der Waals surface area contributed by atoms with Crippen molar-refractivity contribution in [2.75, 3.05) is 107 Å². The lowest BCUT2D eigenvalue weighted by Crippen LogP contribution is -2.61. The fraction of sp³-hybridized carbons (Fsp3) is 0.615. The molecule has 1 unspecified atom stereocenters. The van der Waals surface area contributed by atoms with Crippen LogP contribution in [0.5, 0.6) is 0 Å². The highest BCUT2D eigenvalue weighted by molar-refractivity contribution is 8.00. The van der Waals surface area contributed by atoms with Gasteiger partial charge in [-0.2, -0.15) is 11.8 Å². The van der Waals surface area contributed by atoms with Crippen LogP contribution in [0.15, 0.2) is 60.9 Å².